The zero-order chi connectivity index (χ0) is 61.3. The number of unbranched alkanes of at least 4 members (excludes halogenated alkanes) is 1. The molecule has 2 N–H and O–H groups in total. The number of amides is 4. The predicted molar refractivity (Wildman–Crippen MR) is 352 cm³/mol. The van der Waals surface area contributed by atoms with Gasteiger partial charge < -0.3 is 35.1 Å². The molecule has 0 bridgehead atoms. The van der Waals surface area contributed by atoms with Gasteiger partial charge in [-0.1, -0.05) is 116 Å². The van der Waals surface area contributed by atoms with Crippen LogP contribution >= 0.6 is 0 Å². The maximum Gasteiger partial charge on any atom is 0.243 e. The number of nitrogens with zero attached hydrogens (tertiary/aromatic N) is 5. The Kier molecular flexibility index (Phi) is 22.1. The molecule has 11 rings (SSSR count). The Morgan fingerprint density at radius 2 is 1.07 bits per heavy atom. The van der Waals surface area contributed by atoms with Crippen LogP contribution in [0, 0.1) is 16.6 Å². The minimum atomic E-state index is -0.310. The molecule has 4 amide bonds. The van der Waals surface area contributed by atoms with Gasteiger partial charge in [0.1, 0.15) is 11.9 Å². The summed E-state index contributed by atoms with van der Waals surface area (Å²) in [6.07, 6.45) is 24.7. The largest absolute Gasteiger partial charge is 0.350 e. The third kappa shape index (κ3) is 16.0. The molecule has 4 atom stereocenters. The Morgan fingerprint density at radius 1 is 0.570 bits per heavy atom. The molecule has 86 heavy (non-hydrogen) atoms. The van der Waals surface area contributed by atoms with Crippen molar-refractivity contribution in [2.75, 3.05) is 72.0 Å². The number of halogens is 1. The van der Waals surface area contributed by atoms with Gasteiger partial charge in [-0.2, -0.15) is 0 Å². The number of hydrogen-bond acceptors (Lipinski definition) is 7. The topological polar surface area (TPSA) is 109 Å². The van der Waals surface area contributed by atoms with Crippen LogP contribution in [-0.4, -0.2) is 126 Å². The number of nitrogens with one attached hydrogen (secondary N) is 2. The van der Waals surface area contributed by atoms with Crippen LogP contribution in [0.15, 0.2) is 66.7 Å². The van der Waals surface area contributed by atoms with Crippen molar-refractivity contribution in [2.24, 2.45) is 10.8 Å². The minimum absolute atomic E-state index is 0. The lowest BCUT2D eigenvalue weighted by Crippen LogP contribution is -2.53. The lowest BCUT2D eigenvalue weighted by molar-refractivity contribution is -0.142. The fraction of sp³-hybridized carbons (Fsp3) is 0.703. The standard InChI is InChI=1S/C29H45N3O2.C25H37FN2O.C20H30N2O.2H2/c1-5-26(33)32-18-9-8-12-25(32)27(34)30-24-13-14-29(23-11-7-6-10-22(23)24)16-20-31(21-17-29)19-15-28(2,3)4;1-24(2,3)11-15-27-16-12-25(13-17-27)10-9-22(28-14-5-4-6-23(28)29)20-8-7-19(26)18-21(20)25;1-3-4-13-22-14-11-20(12-15-22)10-9-19(21-16(2)23)17-7-5-6-8-18(17)20;;/h6-7,10-11,24-25H,5,8-9,12-21H2,1-4H3,(H,30,34);7-8,18,22H,4-6,9-17H2,1-3H3;5-8,19H,3-4,9-15H2,1-2H3,(H,21,23);2*1H/t24-,25?;22-;19-;;/m110../s1. The second kappa shape index (κ2) is 28.9. The summed E-state index contributed by atoms with van der Waals surface area (Å²) in [5.41, 5.74) is 9.44. The summed E-state index contributed by atoms with van der Waals surface area (Å²) in [5.74, 6) is 0.360. The maximum atomic E-state index is 14.3. The highest BCUT2D eigenvalue weighted by Crippen LogP contribution is 2.52. The predicted octanol–water partition coefficient (Wildman–Crippen LogP) is 14.9. The summed E-state index contributed by atoms with van der Waals surface area (Å²) in [7, 11) is 0. The molecule has 5 aliphatic heterocycles. The van der Waals surface area contributed by atoms with E-state index in [1.165, 1.54) is 117 Å². The molecule has 5 saturated heterocycles. The van der Waals surface area contributed by atoms with Gasteiger partial charge in [0.05, 0.1) is 18.1 Å². The van der Waals surface area contributed by atoms with Crippen LogP contribution in [0.3, 0.4) is 0 Å². The molecule has 3 aromatic carbocycles. The van der Waals surface area contributed by atoms with Crippen molar-refractivity contribution in [3.05, 3.63) is 106 Å². The van der Waals surface area contributed by atoms with Gasteiger partial charge in [-0.05, 0) is 260 Å². The summed E-state index contributed by atoms with van der Waals surface area (Å²) in [5, 5.41) is 6.53. The molecule has 1 unspecified atom stereocenters. The van der Waals surface area contributed by atoms with Gasteiger partial charge in [0.2, 0.25) is 23.6 Å². The van der Waals surface area contributed by atoms with E-state index >= 15 is 0 Å². The number of fused-ring (bicyclic) bond motifs is 6. The molecule has 12 heteroatoms. The van der Waals surface area contributed by atoms with Gasteiger partial charge in [-0.3, -0.25) is 19.2 Å². The van der Waals surface area contributed by atoms with Crippen molar-refractivity contribution in [1.82, 2.24) is 35.1 Å². The highest BCUT2D eigenvalue weighted by Gasteiger charge is 2.47. The number of carbonyl (C=O) groups excluding carboxylic acids is 4. The number of likely N-dealkylation sites (tertiary alicyclic amines) is 5. The summed E-state index contributed by atoms with van der Waals surface area (Å²) < 4.78 is 14.3. The quantitative estimate of drug-likeness (QED) is 0.186. The van der Waals surface area contributed by atoms with Crippen LogP contribution in [0.25, 0.3) is 0 Å². The Balaban J connectivity index is 0.000000189. The number of rotatable bonds is 12. The first-order chi connectivity index (χ1) is 41.1. The molecule has 478 valence electrons. The van der Waals surface area contributed by atoms with E-state index in [0.29, 0.717) is 35.6 Å². The summed E-state index contributed by atoms with van der Waals surface area (Å²) in [6.45, 7) is 31.8. The zero-order valence-corrected chi connectivity index (χ0v) is 54.9. The monoisotopic (exact) mass is 1190 g/mol. The van der Waals surface area contributed by atoms with Crippen molar-refractivity contribution < 1.29 is 26.4 Å². The van der Waals surface area contributed by atoms with E-state index in [1.807, 2.05) is 17.9 Å². The normalized spacial score (nSPS) is 24.7. The fourth-order valence-corrected chi connectivity index (χ4v) is 16.5. The van der Waals surface area contributed by atoms with Gasteiger partial charge >= 0.3 is 0 Å². The van der Waals surface area contributed by atoms with Crippen molar-refractivity contribution in [3.8, 4) is 0 Å². The third-order valence-electron chi connectivity index (χ3n) is 22.0. The molecular formula is C74H116FN7O4. The number of hydrogen-bond donors (Lipinski definition) is 2. The summed E-state index contributed by atoms with van der Waals surface area (Å²) in [6, 6.07) is 23.1. The van der Waals surface area contributed by atoms with Crippen LogP contribution in [0.1, 0.15) is 264 Å². The van der Waals surface area contributed by atoms with Crippen molar-refractivity contribution in [2.45, 2.75) is 250 Å². The van der Waals surface area contributed by atoms with Crippen molar-refractivity contribution >= 4 is 23.6 Å². The Bertz CT molecular complexity index is 2760. The van der Waals surface area contributed by atoms with Crippen molar-refractivity contribution in [3.63, 3.8) is 0 Å². The van der Waals surface area contributed by atoms with Crippen LogP contribution < -0.4 is 10.6 Å². The number of carbonyl (C=O) groups is 4. The van der Waals surface area contributed by atoms with Crippen molar-refractivity contribution in [1.29, 1.82) is 0 Å². The second-order valence-corrected chi connectivity index (χ2v) is 30.2. The molecule has 0 aromatic heterocycles. The highest BCUT2D eigenvalue weighted by molar-refractivity contribution is 5.88. The Hall–Kier alpha value is -4.65. The number of piperidine rings is 5. The molecule has 3 spiro atoms. The molecule has 8 aliphatic rings. The van der Waals surface area contributed by atoms with E-state index in [4.69, 9.17) is 0 Å². The molecule has 11 nitrogen and oxygen atoms in total. The van der Waals surface area contributed by atoms with Gasteiger partial charge in [0, 0.05) is 35.7 Å². The lowest BCUT2D eigenvalue weighted by Gasteiger charge is -2.49. The molecular weight excluding hydrogens is 1070 g/mol. The first-order valence-electron chi connectivity index (χ1n) is 34.5. The van der Waals surface area contributed by atoms with Crippen LogP contribution in [0.2, 0.25) is 0 Å². The second-order valence-electron chi connectivity index (χ2n) is 30.2. The van der Waals surface area contributed by atoms with Gasteiger partial charge in [0.15, 0.2) is 0 Å². The van der Waals surface area contributed by atoms with E-state index in [9.17, 15) is 23.6 Å². The zero-order valence-electron chi connectivity index (χ0n) is 54.9. The highest BCUT2D eigenvalue weighted by atomic mass is 19.1. The van der Waals surface area contributed by atoms with Crippen LogP contribution in [0.4, 0.5) is 4.39 Å². The number of benzene rings is 3. The first kappa shape index (κ1) is 65.8. The van der Waals surface area contributed by atoms with E-state index in [2.05, 4.69) is 127 Å². The summed E-state index contributed by atoms with van der Waals surface area (Å²) in [4.78, 5) is 61.7. The maximum absolute atomic E-state index is 14.3. The third-order valence-corrected chi connectivity index (χ3v) is 22.0. The summed E-state index contributed by atoms with van der Waals surface area (Å²) >= 11 is 0. The van der Waals surface area contributed by atoms with Crippen LogP contribution in [-0.2, 0) is 35.4 Å². The van der Waals surface area contributed by atoms with E-state index in [-0.39, 0.29) is 67.3 Å². The first-order valence-corrected chi connectivity index (χ1v) is 34.5. The van der Waals surface area contributed by atoms with Gasteiger partial charge in [0.25, 0.3) is 0 Å². The molecule has 5 heterocycles. The molecule has 3 aliphatic carbocycles. The van der Waals surface area contributed by atoms with Gasteiger partial charge in [-0.15, -0.1) is 0 Å². The van der Waals surface area contributed by atoms with Crippen LogP contribution in [0.5, 0.6) is 0 Å². The Morgan fingerprint density at radius 3 is 1.58 bits per heavy atom. The smallest absolute Gasteiger partial charge is 0.243 e. The minimum Gasteiger partial charge on any atom is -0.350 e. The van der Waals surface area contributed by atoms with E-state index in [0.717, 1.165) is 116 Å². The lowest BCUT2D eigenvalue weighted by atomic mass is 9.63. The van der Waals surface area contributed by atoms with Gasteiger partial charge in [-0.25, -0.2) is 4.39 Å². The average Bonchev–Trinajstić information content (AvgIpc) is 1.23. The average molecular weight is 1190 g/mol. The Labute approximate surface area is 522 Å². The molecule has 5 fully saturated rings. The molecule has 3 aromatic rings. The SMILES string of the molecule is CC(C)(C)CCN1CCC2(CC[C@@H](N3CCCCC3=O)c3ccc(F)cc32)CC1.CCC(=O)N1CCCCC1C(=O)N[C@@H]1CCC2(CCN(CCC(C)(C)C)CC2)c2ccccc21.CCCCN1CCC2(CC[C@H](NC(C)=O)c3ccccc32)CC1.[HH].[HH]. The molecule has 0 radical (unpaired) electrons. The molecule has 0 saturated carbocycles. The fourth-order valence-electron chi connectivity index (χ4n) is 16.5. The van der Waals surface area contributed by atoms with E-state index < -0.39 is 0 Å². The van der Waals surface area contributed by atoms with E-state index in [1.54, 1.807) is 19.1 Å².